The number of hydrogen-bond acceptors (Lipinski definition) is 3. The minimum Gasteiger partial charge on any atom is -0.402 e. The number of hydrogen-bond donors (Lipinski definition) is 3. The monoisotopic (exact) mass is 273 g/mol. The third kappa shape index (κ3) is 14.7. The Morgan fingerprint density at radius 3 is 2.21 bits per heavy atom. The Hall–Kier alpha value is -1.29. The molecule has 0 radical (unpaired) electrons. The summed E-state index contributed by atoms with van der Waals surface area (Å²) in [4.78, 5) is 0. The lowest BCUT2D eigenvalue weighted by atomic mass is 10.0. The number of nitrogens with two attached hydrogens (primary N) is 1. The summed E-state index contributed by atoms with van der Waals surface area (Å²) in [5.74, 6) is 0.495. The van der Waals surface area contributed by atoms with E-state index in [0.717, 1.165) is 30.9 Å². The SMILES string of the molecule is C=C(/C=C(\N)C1CCNC1)NC.C=CC.CC.CF. The molecule has 0 amide bonds. The molecule has 1 saturated heterocycles. The summed E-state index contributed by atoms with van der Waals surface area (Å²) in [7, 11) is 2.35. The number of halogens is 1. The van der Waals surface area contributed by atoms with Gasteiger partial charge in [-0.3, -0.25) is 4.39 Å². The van der Waals surface area contributed by atoms with E-state index < -0.39 is 0 Å². The van der Waals surface area contributed by atoms with E-state index in [1.54, 1.807) is 6.08 Å². The third-order valence-corrected chi connectivity index (χ3v) is 2.19. The quantitative estimate of drug-likeness (QED) is 0.547. The highest BCUT2D eigenvalue weighted by Crippen LogP contribution is 2.14. The van der Waals surface area contributed by atoms with Crippen molar-refractivity contribution >= 4 is 0 Å². The number of nitrogens with one attached hydrogen (secondary N) is 2. The first-order valence-corrected chi connectivity index (χ1v) is 6.65. The molecule has 0 aromatic heterocycles. The number of alkyl halides is 1. The molecule has 0 spiro atoms. The fraction of sp³-hybridized carbons (Fsp3) is 0.600. The lowest BCUT2D eigenvalue weighted by Crippen LogP contribution is -2.16. The molecule has 0 aromatic carbocycles. The van der Waals surface area contributed by atoms with E-state index in [1.807, 2.05) is 33.9 Å². The Balaban J connectivity index is -0.000000313. The molecule has 1 rings (SSSR count). The number of rotatable bonds is 3. The maximum absolute atomic E-state index is 9.50. The van der Waals surface area contributed by atoms with Crippen LogP contribution in [0, 0.1) is 5.92 Å². The molecule has 114 valence electrons. The lowest BCUT2D eigenvalue weighted by Gasteiger charge is -2.09. The molecule has 3 nitrogen and oxygen atoms in total. The first kappa shape index (κ1) is 22.9. The molecule has 0 aliphatic carbocycles. The maximum Gasteiger partial charge on any atom is 0.0785 e. The smallest absolute Gasteiger partial charge is 0.0785 e. The summed E-state index contributed by atoms with van der Waals surface area (Å²) < 4.78 is 9.50. The van der Waals surface area contributed by atoms with Gasteiger partial charge in [-0.1, -0.05) is 26.5 Å². The van der Waals surface area contributed by atoms with Crippen molar-refractivity contribution in [3.05, 3.63) is 36.7 Å². The normalized spacial score (nSPS) is 16.5. The fourth-order valence-corrected chi connectivity index (χ4v) is 1.33. The van der Waals surface area contributed by atoms with Crippen LogP contribution in [0.4, 0.5) is 4.39 Å². The summed E-state index contributed by atoms with van der Waals surface area (Å²) >= 11 is 0. The van der Waals surface area contributed by atoms with Gasteiger partial charge in [0.25, 0.3) is 0 Å². The molecule has 0 aromatic rings. The van der Waals surface area contributed by atoms with Crippen LogP contribution in [0.3, 0.4) is 0 Å². The largest absolute Gasteiger partial charge is 0.402 e. The van der Waals surface area contributed by atoms with Gasteiger partial charge in [0, 0.05) is 30.9 Å². The summed E-state index contributed by atoms with van der Waals surface area (Å²) in [6.45, 7) is 15.1. The molecule has 19 heavy (non-hydrogen) atoms. The van der Waals surface area contributed by atoms with E-state index in [9.17, 15) is 4.39 Å². The second-order valence-corrected chi connectivity index (χ2v) is 3.52. The van der Waals surface area contributed by atoms with Crippen LogP contribution in [-0.4, -0.2) is 27.3 Å². The molecular formula is C15H32FN3. The number of likely N-dealkylation sites (N-methyl/N-ethyl adjacent to an activating group) is 1. The molecule has 4 heteroatoms. The number of allylic oxidation sites excluding steroid dienone is 2. The maximum atomic E-state index is 9.50. The fourth-order valence-electron chi connectivity index (χ4n) is 1.33. The van der Waals surface area contributed by atoms with Gasteiger partial charge in [0.1, 0.15) is 0 Å². The summed E-state index contributed by atoms with van der Waals surface area (Å²) in [6, 6.07) is 0. The minimum absolute atomic E-state index is 0.495. The van der Waals surface area contributed by atoms with E-state index in [-0.39, 0.29) is 0 Å². The second kappa shape index (κ2) is 19.1. The van der Waals surface area contributed by atoms with Gasteiger partial charge in [0.05, 0.1) is 7.18 Å². The molecule has 1 heterocycles. The zero-order valence-electron chi connectivity index (χ0n) is 13.2. The topological polar surface area (TPSA) is 50.1 Å². The van der Waals surface area contributed by atoms with Crippen LogP contribution >= 0.6 is 0 Å². The molecule has 1 aliphatic rings. The molecule has 4 N–H and O–H groups in total. The van der Waals surface area contributed by atoms with E-state index >= 15 is 0 Å². The van der Waals surface area contributed by atoms with Crippen molar-refractivity contribution in [1.82, 2.24) is 10.6 Å². The van der Waals surface area contributed by atoms with Crippen molar-refractivity contribution < 1.29 is 4.39 Å². The van der Waals surface area contributed by atoms with Crippen LogP contribution in [-0.2, 0) is 0 Å². The van der Waals surface area contributed by atoms with Crippen LogP contribution < -0.4 is 16.4 Å². The van der Waals surface area contributed by atoms with Crippen LogP contribution in [0.1, 0.15) is 27.2 Å². The van der Waals surface area contributed by atoms with Crippen molar-refractivity contribution in [3.8, 4) is 0 Å². The van der Waals surface area contributed by atoms with Gasteiger partial charge >= 0.3 is 0 Å². The van der Waals surface area contributed by atoms with Crippen molar-refractivity contribution in [3.63, 3.8) is 0 Å². The van der Waals surface area contributed by atoms with E-state index in [0.29, 0.717) is 13.1 Å². The summed E-state index contributed by atoms with van der Waals surface area (Å²) in [5.41, 5.74) is 7.68. The molecule has 1 unspecified atom stereocenters. The molecule has 1 atom stereocenters. The Bertz CT molecular complexity index is 232. The van der Waals surface area contributed by atoms with Gasteiger partial charge in [-0.15, -0.1) is 6.58 Å². The van der Waals surface area contributed by atoms with Gasteiger partial charge in [0.15, 0.2) is 0 Å². The van der Waals surface area contributed by atoms with Crippen LogP contribution in [0.5, 0.6) is 0 Å². The second-order valence-electron chi connectivity index (χ2n) is 3.52. The predicted molar refractivity (Wildman–Crippen MR) is 85.7 cm³/mol. The van der Waals surface area contributed by atoms with Crippen LogP contribution in [0.25, 0.3) is 0 Å². The van der Waals surface area contributed by atoms with Gasteiger partial charge in [-0.2, -0.15) is 0 Å². The zero-order chi connectivity index (χ0) is 15.7. The highest BCUT2D eigenvalue weighted by molar-refractivity contribution is 5.19. The Morgan fingerprint density at radius 2 is 1.89 bits per heavy atom. The van der Waals surface area contributed by atoms with Crippen molar-refractivity contribution in [1.29, 1.82) is 0 Å². The van der Waals surface area contributed by atoms with E-state index in [4.69, 9.17) is 5.73 Å². The molecule has 1 fully saturated rings. The highest BCUT2D eigenvalue weighted by atomic mass is 19.1. The summed E-state index contributed by atoms with van der Waals surface area (Å²) in [6.07, 6.45) is 4.80. The zero-order valence-corrected chi connectivity index (χ0v) is 13.2. The van der Waals surface area contributed by atoms with Crippen molar-refractivity contribution in [2.75, 3.05) is 27.3 Å². The minimum atomic E-state index is 0.495. The van der Waals surface area contributed by atoms with Crippen molar-refractivity contribution in [2.24, 2.45) is 11.7 Å². The van der Waals surface area contributed by atoms with Gasteiger partial charge in [-0.05, 0) is 26.0 Å². The van der Waals surface area contributed by atoms with Gasteiger partial charge in [-0.25, -0.2) is 0 Å². The Kier molecular flexibility index (Phi) is 22.9. The van der Waals surface area contributed by atoms with Crippen LogP contribution in [0.15, 0.2) is 36.7 Å². The molecule has 0 bridgehead atoms. The van der Waals surface area contributed by atoms with Crippen LogP contribution in [0.2, 0.25) is 0 Å². The molecule has 1 aliphatic heterocycles. The predicted octanol–water partition coefficient (Wildman–Crippen LogP) is 2.98. The first-order chi connectivity index (χ1) is 9.15. The Labute approximate surface area is 118 Å². The van der Waals surface area contributed by atoms with Gasteiger partial charge in [0.2, 0.25) is 0 Å². The van der Waals surface area contributed by atoms with Gasteiger partial charge < -0.3 is 16.4 Å². The van der Waals surface area contributed by atoms with Crippen molar-refractivity contribution in [2.45, 2.75) is 27.2 Å². The standard InChI is InChI=1S/C9H17N3.C3H6.C2H6.CH3F/c1-7(11-2)5-9(10)8-3-4-12-6-8;1-3-2;2*1-2/h5,8,11-12H,1,3-4,6,10H2,2H3;3H,1H2,2H3;1-2H3;1H3/b9-5-;;;. The average molecular weight is 273 g/mol. The van der Waals surface area contributed by atoms with E-state index in [2.05, 4.69) is 23.8 Å². The summed E-state index contributed by atoms with van der Waals surface area (Å²) in [5, 5.41) is 6.22. The first-order valence-electron chi connectivity index (χ1n) is 6.65. The van der Waals surface area contributed by atoms with E-state index in [1.165, 1.54) is 0 Å². The third-order valence-electron chi connectivity index (χ3n) is 2.19. The molecular weight excluding hydrogens is 241 g/mol. The lowest BCUT2D eigenvalue weighted by molar-refractivity contribution is 0.636. The Morgan fingerprint density at radius 1 is 1.42 bits per heavy atom. The molecule has 0 saturated carbocycles. The average Bonchev–Trinajstić information content (AvgIpc) is 2.98. The highest BCUT2D eigenvalue weighted by Gasteiger charge is 2.16.